The fourth-order valence-corrected chi connectivity index (χ4v) is 2.07. The SMILES string of the molecule is C[C@@H](Sc1ncccn1)C(=O)Nc1ccc(Cl)cn1. The van der Waals surface area contributed by atoms with Crippen molar-refractivity contribution >= 4 is 35.1 Å². The summed E-state index contributed by atoms with van der Waals surface area (Å²) in [7, 11) is 0. The zero-order valence-corrected chi connectivity index (χ0v) is 11.6. The van der Waals surface area contributed by atoms with Crippen LogP contribution in [0.4, 0.5) is 5.82 Å². The lowest BCUT2D eigenvalue weighted by molar-refractivity contribution is -0.115. The van der Waals surface area contributed by atoms with Crippen molar-refractivity contribution < 1.29 is 4.79 Å². The van der Waals surface area contributed by atoms with Gasteiger partial charge in [-0.15, -0.1) is 0 Å². The normalized spacial score (nSPS) is 11.9. The third-order valence-electron chi connectivity index (χ3n) is 2.17. The van der Waals surface area contributed by atoms with Crippen molar-refractivity contribution in [2.45, 2.75) is 17.3 Å². The van der Waals surface area contributed by atoms with Crippen LogP contribution >= 0.6 is 23.4 Å². The Hall–Kier alpha value is -1.66. The number of carbonyl (C=O) groups is 1. The van der Waals surface area contributed by atoms with E-state index in [0.717, 1.165) is 0 Å². The lowest BCUT2D eigenvalue weighted by atomic mass is 10.4. The van der Waals surface area contributed by atoms with Gasteiger partial charge >= 0.3 is 0 Å². The van der Waals surface area contributed by atoms with Crippen molar-refractivity contribution in [3.05, 3.63) is 41.8 Å². The molecule has 98 valence electrons. The average Bonchev–Trinajstić information content (AvgIpc) is 2.42. The van der Waals surface area contributed by atoms with Gasteiger partial charge in [-0.05, 0) is 25.1 Å². The second-order valence-electron chi connectivity index (χ2n) is 3.64. The highest BCUT2D eigenvalue weighted by molar-refractivity contribution is 8.00. The minimum absolute atomic E-state index is 0.160. The lowest BCUT2D eigenvalue weighted by Gasteiger charge is -2.10. The Morgan fingerprint density at radius 3 is 2.68 bits per heavy atom. The summed E-state index contributed by atoms with van der Waals surface area (Å²) >= 11 is 7.01. The molecule has 0 radical (unpaired) electrons. The zero-order chi connectivity index (χ0) is 13.7. The standard InChI is InChI=1S/C12H11ClN4OS/c1-8(19-12-14-5-2-6-15-12)11(18)17-10-4-3-9(13)7-16-10/h2-8H,1H3,(H,16,17,18)/t8-/m1/s1. The van der Waals surface area contributed by atoms with Crippen LogP contribution in [-0.4, -0.2) is 26.1 Å². The molecule has 2 aromatic rings. The highest BCUT2D eigenvalue weighted by Gasteiger charge is 2.16. The Morgan fingerprint density at radius 1 is 1.32 bits per heavy atom. The van der Waals surface area contributed by atoms with E-state index < -0.39 is 0 Å². The quantitative estimate of drug-likeness (QED) is 0.693. The van der Waals surface area contributed by atoms with E-state index in [9.17, 15) is 4.79 Å². The van der Waals surface area contributed by atoms with E-state index in [-0.39, 0.29) is 11.2 Å². The molecule has 2 rings (SSSR count). The first kappa shape index (κ1) is 13.8. The van der Waals surface area contributed by atoms with Crippen molar-refractivity contribution in [3.8, 4) is 0 Å². The average molecular weight is 295 g/mol. The Bertz CT molecular complexity index is 549. The van der Waals surface area contributed by atoms with Gasteiger partial charge in [0.05, 0.1) is 10.3 Å². The molecule has 1 N–H and O–H groups in total. The number of halogens is 1. The second kappa shape index (κ2) is 6.49. The molecule has 0 aliphatic heterocycles. The van der Waals surface area contributed by atoms with E-state index in [1.165, 1.54) is 18.0 Å². The van der Waals surface area contributed by atoms with Crippen LogP contribution in [0.2, 0.25) is 5.02 Å². The molecule has 0 saturated carbocycles. The van der Waals surface area contributed by atoms with E-state index in [2.05, 4.69) is 20.3 Å². The first-order chi connectivity index (χ1) is 9.15. The Labute approximate surface area is 119 Å². The topological polar surface area (TPSA) is 67.8 Å². The fraction of sp³-hybridized carbons (Fsp3) is 0.167. The highest BCUT2D eigenvalue weighted by atomic mass is 35.5. The van der Waals surface area contributed by atoms with Gasteiger partial charge in [-0.25, -0.2) is 15.0 Å². The largest absolute Gasteiger partial charge is 0.310 e. The van der Waals surface area contributed by atoms with Crippen LogP contribution in [0, 0.1) is 0 Å². The van der Waals surface area contributed by atoms with Crippen molar-refractivity contribution in [3.63, 3.8) is 0 Å². The molecule has 7 heteroatoms. The fourth-order valence-electron chi connectivity index (χ4n) is 1.24. The number of anilines is 1. The summed E-state index contributed by atoms with van der Waals surface area (Å²) in [6.45, 7) is 1.78. The van der Waals surface area contributed by atoms with Crippen LogP contribution in [0.25, 0.3) is 0 Å². The zero-order valence-electron chi connectivity index (χ0n) is 10.1. The van der Waals surface area contributed by atoms with Crippen LogP contribution in [0.1, 0.15) is 6.92 Å². The molecule has 19 heavy (non-hydrogen) atoms. The van der Waals surface area contributed by atoms with Gasteiger partial charge in [0.15, 0.2) is 5.16 Å². The molecule has 2 aromatic heterocycles. The van der Waals surface area contributed by atoms with Gasteiger partial charge in [-0.2, -0.15) is 0 Å². The molecule has 0 unspecified atom stereocenters. The minimum atomic E-state index is -0.320. The van der Waals surface area contributed by atoms with Crippen LogP contribution in [0.15, 0.2) is 41.9 Å². The molecular formula is C12H11ClN4OS. The predicted molar refractivity (Wildman–Crippen MR) is 75.2 cm³/mol. The predicted octanol–water partition coefficient (Wildman–Crippen LogP) is 2.64. The van der Waals surface area contributed by atoms with Gasteiger partial charge in [-0.1, -0.05) is 23.4 Å². The van der Waals surface area contributed by atoms with Crippen molar-refractivity contribution in [2.24, 2.45) is 0 Å². The van der Waals surface area contributed by atoms with E-state index in [1.807, 2.05) is 0 Å². The first-order valence-electron chi connectivity index (χ1n) is 5.51. The maximum Gasteiger partial charge on any atom is 0.238 e. The number of nitrogens with one attached hydrogen (secondary N) is 1. The number of pyridine rings is 1. The molecule has 0 aromatic carbocycles. The summed E-state index contributed by atoms with van der Waals surface area (Å²) in [5.74, 6) is 0.308. The van der Waals surface area contributed by atoms with Gasteiger partial charge < -0.3 is 5.32 Å². The van der Waals surface area contributed by atoms with Gasteiger partial charge in [-0.3, -0.25) is 4.79 Å². The molecule has 0 fully saturated rings. The summed E-state index contributed by atoms with van der Waals surface area (Å²) in [4.78, 5) is 24.1. The van der Waals surface area contributed by atoms with Crippen LogP contribution in [0.5, 0.6) is 0 Å². The maximum atomic E-state index is 11.9. The van der Waals surface area contributed by atoms with Crippen molar-refractivity contribution in [1.82, 2.24) is 15.0 Å². The molecule has 0 bridgehead atoms. The smallest absolute Gasteiger partial charge is 0.238 e. The van der Waals surface area contributed by atoms with Gasteiger partial charge in [0, 0.05) is 18.6 Å². The number of carbonyl (C=O) groups excluding carboxylic acids is 1. The number of nitrogens with zero attached hydrogens (tertiary/aromatic N) is 3. The number of rotatable bonds is 4. The number of aromatic nitrogens is 3. The number of amides is 1. The molecular weight excluding hydrogens is 284 g/mol. The van der Waals surface area contributed by atoms with Crippen LogP contribution in [-0.2, 0) is 4.79 Å². The molecule has 0 saturated heterocycles. The second-order valence-corrected chi connectivity index (χ2v) is 5.39. The number of hydrogen-bond donors (Lipinski definition) is 1. The monoisotopic (exact) mass is 294 g/mol. The summed E-state index contributed by atoms with van der Waals surface area (Å²) in [5.41, 5.74) is 0. The molecule has 5 nitrogen and oxygen atoms in total. The molecule has 0 aliphatic rings. The molecule has 0 spiro atoms. The summed E-state index contributed by atoms with van der Waals surface area (Å²) in [6, 6.07) is 5.05. The Morgan fingerprint density at radius 2 is 2.05 bits per heavy atom. The van der Waals surface area contributed by atoms with E-state index in [1.54, 1.807) is 37.5 Å². The third-order valence-corrected chi connectivity index (χ3v) is 3.38. The summed E-state index contributed by atoms with van der Waals surface area (Å²) in [5, 5.41) is 3.47. The minimum Gasteiger partial charge on any atom is -0.310 e. The number of hydrogen-bond acceptors (Lipinski definition) is 5. The maximum absolute atomic E-state index is 11.9. The third kappa shape index (κ3) is 4.18. The van der Waals surface area contributed by atoms with E-state index in [0.29, 0.717) is 16.0 Å². The van der Waals surface area contributed by atoms with Gasteiger partial charge in [0.1, 0.15) is 5.82 Å². The van der Waals surface area contributed by atoms with Crippen molar-refractivity contribution in [2.75, 3.05) is 5.32 Å². The summed E-state index contributed by atoms with van der Waals surface area (Å²) in [6.07, 6.45) is 4.76. The van der Waals surface area contributed by atoms with Crippen LogP contribution < -0.4 is 5.32 Å². The first-order valence-corrected chi connectivity index (χ1v) is 6.77. The summed E-state index contributed by atoms with van der Waals surface area (Å²) < 4.78 is 0. The molecule has 0 aliphatic carbocycles. The van der Waals surface area contributed by atoms with Gasteiger partial charge in [0.2, 0.25) is 5.91 Å². The highest BCUT2D eigenvalue weighted by Crippen LogP contribution is 2.19. The number of thioether (sulfide) groups is 1. The molecule has 2 heterocycles. The van der Waals surface area contributed by atoms with E-state index >= 15 is 0 Å². The molecule has 1 amide bonds. The molecule has 1 atom stereocenters. The van der Waals surface area contributed by atoms with Crippen molar-refractivity contribution in [1.29, 1.82) is 0 Å². The van der Waals surface area contributed by atoms with Crippen LogP contribution in [0.3, 0.4) is 0 Å². The van der Waals surface area contributed by atoms with Gasteiger partial charge in [0.25, 0.3) is 0 Å². The lowest BCUT2D eigenvalue weighted by Crippen LogP contribution is -2.23. The Balaban J connectivity index is 1.94. The van der Waals surface area contributed by atoms with E-state index in [4.69, 9.17) is 11.6 Å². The Kier molecular flexibility index (Phi) is 4.70.